The van der Waals surface area contributed by atoms with Crippen molar-refractivity contribution in [3.63, 3.8) is 0 Å². The monoisotopic (exact) mass is 834 g/mol. The summed E-state index contributed by atoms with van der Waals surface area (Å²) in [5.41, 5.74) is 15.2. The Morgan fingerprint density at radius 3 is 1.52 bits per heavy atom. The van der Waals surface area contributed by atoms with Gasteiger partial charge in [-0.15, -0.1) is 0 Å². The van der Waals surface area contributed by atoms with E-state index in [0.29, 0.717) is 32.4 Å². The van der Waals surface area contributed by atoms with E-state index in [0.717, 1.165) is 0 Å². The number of methoxy groups -OCH3 is 2. The molecule has 0 saturated heterocycles. The van der Waals surface area contributed by atoms with E-state index in [1.807, 2.05) is 55.4 Å². The average molecular weight is 836 g/mol. The third-order valence-electron chi connectivity index (χ3n) is 8.37. The van der Waals surface area contributed by atoms with E-state index in [2.05, 4.69) is 30.6 Å². The number of ether oxygens (including phenoxy) is 2. The van der Waals surface area contributed by atoms with Crippen LogP contribution in [0.1, 0.15) is 96.8 Å². The van der Waals surface area contributed by atoms with Gasteiger partial charge < -0.3 is 40.8 Å². The zero-order valence-electron chi connectivity index (χ0n) is 33.5. The summed E-state index contributed by atoms with van der Waals surface area (Å²) in [5.74, 6) is -1.26. The SMILES string of the molecule is CC(C)N(C(=O)c1ccncc1B(O)O)C(C)C.COC(=O)c1cccc(-c2cnccc2C(=O)N(C(C)C)C(C)C)c1N.COC(=O)c1cccc(Br)c1N. The maximum absolute atomic E-state index is 13.2. The molecule has 16 heteroatoms. The molecule has 0 spiro atoms. The van der Waals surface area contributed by atoms with Gasteiger partial charge in [0.15, 0.2) is 0 Å². The van der Waals surface area contributed by atoms with Gasteiger partial charge in [-0.2, -0.15) is 0 Å². The second kappa shape index (κ2) is 21.7. The number of nitrogens with two attached hydrogens (primary N) is 2. The Hall–Kier alpha value is -5.32. The maximum atomic E-state index is 13.2. The zero-order valence-corrected chi connectivity index (χ0v) is 35.1. The van der Waals surface area contributed by atoms with Crippen molar-refractivity contribution in [1.82, 2.24) is 19.8 Å². The van der Waals surface area contributed by atoms with Crippen molar-refractivity contribution in [1.29, 1.82) is 0 Å². The maximum Gasteiger partial charge on any atom is 0.490 e. The van der Waals surface area contributed by atoms with Gasteiger partial charge >= 0.3 is 19.1 Å². The molecule has 14 nitrogen and oxygen atoms in total. The Labute approximate surface area is 337 Å². The normalized spacial score (nSPS) is 10.6. The van der Waals surface area contributed by atoms with Gasteiger partial charge in [-0.3, -0.25) is 19.6 Å². The van der Waals surface area contributed by atoms with Crippen LogP contribution in [0.25, 0.3) is 11.1 Å². The van der Waals surface area contributed by atoms with Crippen molar-refractivity contribution >= 4 is 63.6 Å². The topological polar surface area (TPSA) is 212 Å². The van der Waals surface area contributed by atoms with Gasteiger partial charge in [0.2, 0.25) is 0 Å². The average Bonchev–Trinajstić information content (AvgIpc) is 3.15. The number of para-hydroxylation sites is 2. The molecule has 0 unspecified atom stereocenters. The highest BCUT2D eigenvalue weighted by Crippen LogP contribution is 2.32. The highest BCUT2D eigenvalue weighted by Gasteiger charge is 2.28. The smallest absolute Gasteiger partial charge is 0.465 e. The number of benzene rings is 2. The fraction of sp³-hybridized carbons (Fsp3) is 0.350. The lowest BCUT2D eigenvalue weighted by atomic mass is 9.78. The molecule has 4 rings (SSSR count). The molecule has 0 fully saturated rings. The lowest BCUT2D eigenvalue weighted by molar-refractivity contribution is 0.0593. The third-order valence-corrected chi connectivity index (χ3v) is 9.06. The molecule has 0 aliphatic heterocycles. The summed E-state index contributed by atoms with van der Waals surface area (Å²) >= 11 is 3.21. The van der Waals surface area contributed by atoms with E-state index in [1.165, 1.54) is 32.7 Å². The Morgan fingerprint density at radius 2 is 1.05 bits per heavy atom. The van der Waals surface area contributed by atoms with E-state index < -0.39 is 19.1 Å². The van der Waals surface area contributed by atoms with Crippen LogP contribution in [-0.4, -0.2) is 99.1 Å². The summed E-state index contributed by atoms with van der Waals surface area (Å²) in [6.07, 6.45) is 5.95. The molecule has 0 bridgehead atoms. The van der Waals surface area contributed by atoms with Crippen LogP contribution in [0.5, 0.6) is 0 Å². The largest absolute Gasteiger partial charge is 0.490 e. The van der Waals surface area contributed by atoms with Crippen LogP contribution in [0.3, 0.4) is 0 Å². The molecule has 300 valence electrons. The number of rotatable bonds is 10. The van der Waals surface area contributed by atoms with Gasteiger partial charge in [-0.1, -0.05) is 18.2 Å². The number of hydrogen-bond donors (Lipinski definition) is 4. The molecule has 2 heterocycles. The Balaban J connectivity index is 0.000000313. The Kier molecular flexibility index (Phi) is 18.1. The molecule has 56 heavy (non-hydrogen) atoms. The fourth-order valence-electron chi connectivity index (χ4n) is 5.92. The number of aromatic nitrogens is 2. The summed E-state index contributed by atoms with van der Waals surface area (Å²) < 4.78 is 10.0. The minimum absolute atomic E-state index is 0.0364. The molecule has 2 amide bonds. The first-order valence-electron chi connectivity index (χ1n) is 17.8. The Morgan fingerprint density at radius 1 is 0.625 bits per heavy atom. The predicted octanol–water partition coefficient (Wildman–Crippen LogP) is 5.21. The van der Waals surface area contributed by atoms with Gasteiger partial charge in [-0.25, -0.2) is 9.59 Å². The van der Waals surface area contributed by atoms with Gasteiger partial charge in [0.05, 0.1) is 42.3 Å². The molecular weight excluding hydrogens is 783 g/mol. The highest BCUT2D eigenvalue weighted by atomic mass is 79.9. The van der Waals surface area contributed by atoms with E-state index >= 15 is 0 Å². The predicted molar refractivity (Wildman–Crippen MR) is 222 cm³/mol. The summed E-state index contributed by atoms with van der Waals surface area (Å²) in [4.78, 5) is 60.1. The first-order valence-corrected chi connectivity index (χ1v) is 18.6. The van der Waals surface area contributed by atoms with Crippen LogP contribution in [0, 0.1) is 0 Å². The summed E-state index contributed by atoms with van der Waals surface area (Å²) in [5, 5.41) is 18.5. The van der Waals surface area contributed by atoms with Crippen LogP contribution in [0.15, 0.2) is 77.8 Å². The number of carbonyl (C=O) groups is 4. The van der Waals surface area contributed by atoms with Crippen molar-refractivity contribution in [2.75, 3.05) is 25.7 Å². The van der Waals surface area contributed by atoms with E-state index in [9.17, 15) is 29.2 Å². The lowest BCUT2D eigenvalue weighted by Gasteiger charge is -2.31. The number of anilines is 2. The Bertz CT molecular complexity index is 1960. The first kappa shape index (κ1) is 46.8. The number of pyridine rings is 2. The molecule has 0 saturated carbocycles. The number of halogens is 1. The third kappa shape index (κ3) is 11.8. The van der Waals surface area contributed by atoms with Crippen molar-refractivity contribution in [3.05, 3.63) is 100 Å². The minimum atomic E-state index is -1.70. The first-order chi connectivity index (χ1) is 26.3. The molecule has 0 atom stereocenters. The molecular formula is C40H52BBrN6O8. The van der Waals surface area contributed by atoms with Crippen molar-refractivity contribution < 1.29 is 38.7 Å². The molecule has 2 aromatic carbocycles. The van der Waals surface area contributed by atoms with Crippen LogP contribution in [0.4, 0.5) is 11.4 Å². The second-order valence-electron chi connectivity index (χ2n) is 13.5. The minimum Gasteiger partial charge on any atom is -0.465 e. The van der Waals surface area contributed by atoms with Crippen LogP contribution in [0.2, 0.25) is 0 Å². The summed E-state index contributed by atoms with van der Waals surface area (Å²) in [7, 11) is 0.929. The number of carbonyl (C=O) groups excluding carboxylic acids is 4. The second-order valence-corrected chi connectivity index (χ2v) is 14.4. The van der Waals surface area contributed by atoms with Crippen LogP contribution < -0.4 is 16.9 Å². The van der Waals surface area contributed by atoms with Gasteiger partial charge in [0.25, 0.3) is 11.8 Å². The van der Waals surface area contributed by atoms with Gasteiger partial charge in [0.1, 0.15) is 0 Å². The van der Waals surface area contributed by atoms with Crippen LogP contribution >= 0.6 is 15.9 Å². The van der Waals surface area contributed by atoms with Gasteiger partial charge in [0, 0.05) is 75.6 Å². The van der Waals surface area contributed by atoms with Crippen molar-refractivity contribution in [2.24, 2.45) is 0 Å². The van der Waals surface area contributed by atoms with E-state index in [-0.39, 0.29) is 58.3 Å². The van der Waals surface area contributed by atoms with E-state index in [4.69, 9.17) is 16.2 Å². The number of hydrogen-bond acceptors (Lipinski definition) is 12. The molecule has 2 aromatic heterocycles. The molecule has 0 aliphatic rings. The highest BCUT2D eigenvalue weighted by molar-refractivity contribution is 9.10. The van der Waals surface area contributed by atoms with Crippen molar-refractivity contribution in [3.8, 4) is 11.1 Å². The number of nitrogen functional groups attached to an aromatic ring is 2. The molecule has 6 N–H and O–H groups in total. The molecule has 4 aromatic rings. The van der Waals surface area contributed by atoms with E-state index in [1.54, 1.807) is 64.7 Å². The number of nitrogens with zero attached hydrogens (tertiary/aromatic N) is 4. The molecule has 0 aliphatic carbocycles. The quantitative estimate of drug-likeness (QED) is 0.0921. The van der Waals surface area contributed by atoms with Crippen LogP contribution in [-0.2, 0) is 9.47 Å². The van der Waals surface area contributed by atoms with Crippen molar-refractivity contribution in [2.45, 2.75) is 79.6 Å². The summed E-state index contributed by atoms with van der Waals surface area (Å²) in [6, 6.07) is 13.5. The fourth-order valence-corrected chi connectivity index (χ4v) is 6.29. The van der Waals surface area contributed by atoms with Gasteiger partial charge in [-0.05, 0) is 102 Å². The summed E-state index contributed by atoms with van der Waals surface area (Å²) in [6.45, 7) is 15.6. The molecule has 0 radical (unpaired) electrons. The lowest BCUT2D eigenvalue weighted by Crippen LogP contribution is -2.46. The number of esters is 2. The number of amides is 2. The standard InChI is InChI=1S/C20H25N3O3.C12H19BN2O3.C8H8BrNO2/c1-12(2)23(13(3)4)19(24)15-9-10-22-11-17(15)14-7-6-8-16(18(14)21)20(25)26-5;1-8(2)15(9(3)4)12(16)10-5-6-14-7-11(10)13(17)18;1-12-8(11)5-3-2-4-6(9)7(5)10/h6-13H,21H2,1-5H3;5-9,17-18H,1-4H3;2-4H,10H2,1H3. The zero-order chi connectivity index (χ0) is 42.4.